The molecule has 0 N–H and O–H groups in total. The van der Waals surface area contributed by atoms with Crippen molar-refractivity contribution in [3.05, 3.63) is 29.3 Å². The Morgan fingerprint density at radius 3 is 2.35 bits per heavy atom. The summed E-state index contributed by atoms with van der Waals surface area (Å²) in [6, 6.07) is 5.47. The molecular weight excluding hydrogens is 445 g/mol. The number of likely N-dealkylation sites (tertiary alicyclic amines) is 1. The molecule has 2 amide bonds. The molecule has 0 radical (unpaired) electrons. The van der Waals surface area contributed by atoms with Crippen molar-refractivity contribution in [3.63, 3.8) is 0 Å². The maximum Gasteiger partial charge on any atom is 0.417 e. The molecule has 0 aliphatic carbocycles. The Morgan fingerprint density at radius 1 is 1.18 bits per heavy atom. The minimum Gasteiger partial charge on any atom is -0.372 e. The Hall–Kier alpha value is -2.76. The minimum absolute atomic E-state index is 0.0224. The molecule has 34 heavy (non-hydrogen) atoms. The van der Waals surface area contributed by atoms with Gasteiger partial charge in [0.2, 0.25) is 11.8 Å². The highest BCUT2D eigenvalue weighted by Crippen LogP contribution is 2.39. The fourth-order valence-electron chi connectivity index (χ4n) is 5.23. The van der Waals surface area contributed by atoms with Crippen LogP contribution in [0.25, 0.3) is 0 Å². The molecule has 186 valence electrons. The van der Waals surface area contributed by atoms with Crippen LogP contribution in [0.15, 0.2) is 18.2 Å². The lowest BCUT2D eigenvalue weighted by Crippen LogP contribution is -2.41. The molecule has 1 aromatic carbocycles. The third-order valence-electron chi connectivity index (χ3n) is 7.00. The van der Waals surface area contributed by atoms with Crippen molar-refractivity contribution >= 4 is 17.5 Å². The van der Waals surface area contributed by atoms with Gasteiger partial charge in [-0.25, -0.2) is 0 Å². The van der Waals surface area contributed by atoms with Crippen molar-refractivity contribution in [1.82, 2.24) is 9.80 Å². The summed E-state index contributed by atoms with van der Waals surface area (Å²) in [5.41, 5.74) is -0.847. The fourth-order valence-corrected chi connectivity index (χ4v) is 5.23. The molecule has 0 unspecified atom stereocenters. The van der Waals surface area contributed by atoms with Crippen molar-refractivity contribution in [3.8, 4) is 6.07 Å². The predicted molar refractivity (Wildman–Crippen MR) is 123 cm³/mol. The zero-order valence-corrected chi connectivity index (χ0v) is 20.2. The van der Waals surface area contributed by atoms with Crippen molar-refractivity contribution in [1.29, 1.82) is 5.26 Å². The smallest absolute Gasteiger partial charge is 0.372 e. The molecule has 0 saturated carbocycles. The number of carbonyl (C=O) groups excluding carboxylic acids is 2. The van der Waals surface area contributed by atoms with Gasteiger partial charge in [-0.2, -0.15) is 18.4 Å². The third-order valence-corrected chi connectivity index (χ3v) is 7.00. The van der Waals surface area contributed by atoms with Crippen LogP contribution in [0.1, 0.15) is 44.2 Å². The Labute approximate surface area is 199 Å². The lowest BCUT2D eigenvalue weighted by molar-refractivity contribution is -0.138. The van der Waals surface area contributed by atoms with Gasteiger partial charge in [-0.15, -0.1) is 0 Å². The van der Waals surface area contributed by atoms with Crippen LogP contribution >= 0.6 is 0 Å². The Morgan fingerprint density at radius 2 is 1.82 bits per heavy atom. The summed E-state index contributed by atoms with van der Waals surface area (Å²) in [6.07, 6.45) is -2.67. The topological polar surface area (TPSA) is 67.7 Å². The molecule has 2 atom stereocenters. The van der Waals surface area contributed by atoms with Gasteiger partial charge in [0.05, 0.1) is 23.1 Å². The average molecular weight is 479 g/mol. The van der Waals surface area contributed by atoms with Crippen LogP contribution in [0.3, 0.4) is 0 Å². The molecule has 0 bridgehead atoms. The highest BCUT2D eigenvalue weighted by molar-refractivity contribution is 5.82. The summed E-state index contributed by atoms with van der Waals surface area (Å²) in [6.45, 7) is 6.10. The molecular formula is C25H33F3N4O2. The van der Waals surface area contributed by atoms with Gasteiger partial charge in [-0.05, 0) is 48.8 Å². The van der Waals surface area contributed by atoms with Gasteiger partial charge in [0.1, 0.15) is 0 Å². The van der Waals surface area contributed by atoms with Crippen LogP contribution in [0.5, 0.6) is 0 Å². The molecule has 3 rings (SSSR count). The van der Waals surface area contributed by atoms with Gasteiger partial charge >= 0.3 is 6.18 Å². The summed E-state index contributed by atoms with van der Waals surface area (Å²) in [7, 11) is 3.45. The van der Waals surface area contributed by atoms with Crippen LogP contribution in [0, 0.1) is 35.0 Å². The minimum atomic E-state index is -4.59. The summed E-state index contributed by atoms with van der Waals surface area (Å²) >= 11 is 0. The number of alkyl halides is 3. The summed E-state index contributed by atoms with van der Waals surface area (Å²) in [5, 5.41) is 9.03. The Bertz CT molecular complexity index is 946. The molecule has 2 aliphatic heterocycles. The number of carbonyl (C=O) groups is 2. The van der Waals surface area contributed by atoms with Gasteiger partial charge in [0.25, 0.3) is 0 Å². The second-order valence-corrected chi connectivity index (χ2v) is 10.1. The monoisotopic (exact) mass is 478 g/mol. The van der Waals surface area contributed by atoms with E-state index >= 15 is 0 Å². The number of nitriles is 1. The Kier molecular flexibility index (Phi) is 7.79. The second kappa shape index (κ2) is 10.2. The van der Waals surface area contributed by atoms with E-state index < -0.39 is 11.7 Å². The van der Waals surface area contributed by atoms with Crippen molar-refractivity contribution < 1.29 is 22.8 Å². The van der Waals surface area contributed by atoms with Crippen molar-refractivity contribution in [2.45, 2.75) is 39.3 Å². The number of benzene rings is 1. The number of anilines is 1. The number of nitrogens with zero attached hydrogens (tertiary/aromatic N) is 4. The van der Waals surface area contributed by atoms with Gasteiger partial charge < -0.3 is 14.7 Å². The highest BCUT2D eigenvalue weighted by Gasteiger charge is 2.44. The first-order valence-corrected chi connectivity index (χ1v) is 11.8. The van der Waals surface area contributed by atoms with E-state index in [0.29, 0.717) is 38.3 Å². The first-order chi connectivity index (χ1) is 15.9. The number of amides is 2. The fraction of sp³-hybridized carbons (Fsp3) is 0.640. The number of hydrogen-bond donors (Lipinski definition) is 0. The molecule has 1 aromatic rings. The molecule has 0 spiro atoms. The van der Waals surface area contributed by atoms with Crippen molar-refractivity contribution in [2.24, 2.45) is 23.7 Å². The van der Waals surface area contributed by atoms with Crippen molar-refractivity contribution in [2.75, 3.05) is 45.2 Å². The van der Waals surface area contributed by atoms with Crippen LogP contribution in [0.4, 0.5) is 18.9 Å². The molecule has 0 aromatic heterocycles. The highest BCUT2D eigenvalue weighted by atomic mass is 19.4. The van der Waals surface area contributed by atoms with E-state index in [-0.39, 0.29) is 41.0 Å². The van der Waals surface area contributed by atoms with Crippen LogP contribution in [-0.2, 0) is 15.8 Å². The third kappa shape index (κ3) is 5.65. The zero-order valence-electron chi connectivity index (χ0n) is 20.2. The van der Waals surface area contributed by atoms with Crippen LogP contribution < -0.4 is 4.90 Å². The molecule has 2 fully saturated rings. The Balaban J connectivity index is 1.73. The molecule has 2 heterocycles. The lowest BCUT2D eigenvalue weighted by atomic mass is 9.78. The predicted octanol–water partition coefficient (Wildman–Crippen LogP) is 4.00. The van der Waals surface area contributed by atoms with E-state index in [1.54, 1.807) is 31.1 Å². The number of rotatable bonds is 5. The normalized spacial score (nSPS) is 21.6. The standard InChI is InChI=1S/C25H33F3N4O2/c1-16(2)11-23(33)32-14-20(21(15-32)24(34)30(3)4)17-7-9-31(10-8-17)19-6-5-18(13-29)22(12-19)25(26,27)28/h5-6,12,16-17,20-21H,7-11,14-15H2,1-4H3/t20-,21+/m0/s1. The van der Waals surface area contributed by atoms with E-state index in [9.17, 15) is 22.8 Å². The number of piperidine rings is 1. The second-order valence-electron chi connectivity index (χ2n) is 10.1. The SMILES string of the molecule is CC(C)CC(=O)N1C[C@@H](C(=O)N(C)C)[C@H](C2CCN(c3ccc(C#N)c(C(F)(F)F)c3)CC2)C1. The molecule has 2 saturated heterocycles. The summed E-state index contributed by atoms with van der Waals surface area (Å²) in [5.74, 6) is 0.335. The van der Waals surface area contributed by atoms with E-state index in [0.717, 1.165) is 18.9 Å². The van der Waals surface area contributed by atoms with Gasteiger partial charge in [0, 0.05) is 52.4 Å². The zero-order chi connectivity index (χ0) is 25.2. The van der Waals surface area contributed by atoms with Crippen LogP contribution in [0.2, 0.25) is 0 Å². The lowest BCUT2D eigenvalue weighted by Gasteiger charge is -2.38. The summed E-state index contributed by atoms with van der Waals surface area (Å²) < 4.78 is 40.1. The van der Waals surface area contributed by atoms with E-state index in [1.807, 2.05) is 23.6 Å². The quantitative estimate of drug-likeness (QED) is 0.642. The van der Waals surface area contributed by atoms with Gasteiger partial charge in [0.15, 0.2) is 0 Å². The van der Waals surface area contributed by atoms with E-state index in [4.69, 9.17) is 5.26 Å². The number of halogens is 3. The summed E-state index contributed by atoms with van der Waals surface area (Å²) in [4.78, 5) is 30.9. The van der Waals surface area contributed by atoms with E-state index in [1.165, 1.54) is 6.07 Å². The van der Waals surface area contributed by atoms with E-state index in [2.05, 4.69) is 0 Å². The van der Waals surface area contributed by atoms with Crippen LogP contribution in [-0.4, -0.2) is 61.9 Å². The largest absolute Gasteiger partial charge is 0.417 e. The maximum absolute atomic E-state index is 13.4. The first kappa shape index (κ1) is 25.9. The average Bonchev–Trinajstić information content (AvgIpc) is 3.22. The molecule has 9 heteroatoms. The molecule has 6 nitrogen and oxygen atoms in total. The maximum atomic E-state index is 13.4. The first-order valence-electron chi connectivity index (χ1n) is 11.8. The molecule has 2 aliphatic rings. The number of hydrogen-bond acceptors (Lipinski definition) is 4. The van der Waals surface area contributed by atoms with Gasteiger partial charge in [-0.3, -0.25) is 9.59 Å². The van der Waals surface area contributed by atoms with Gasteiger partial charge in [-0.1, -0.05) is 13.8 Å².